The fraction of sp³-hybridized carbons (Fsp3) is 0.667. The molecule has 5 heteroatoms. The molecule has 0 spiro atoms. The normalized spacial score (nSPS) is 23.4. The van der Waals surface area contributed by atoms with E-state index in [1.165, 1.54) is 12.0 Å². The summed E-state index contributed by atoms with van der Waals surface area (Å²) in [5.41, 5.74) is 1.33. The van der Waals surface area contributed by atoms with E-state index in [4.69, 9.17) is 9.47 Å². The van der Waals surface area contributed by atoms with Crippen LogP contribution in [0.4, 0.5) is 0 Å². The van der Waals surface area contributed by atoms with Gasteiger partial charge in [-0.3, -0.25) is 9.69 Å². The van der Waals surface area contributed by atoms with Crippen molar-refractivity contribution in [3.63, 3.8) is 0 Å². The van der Waals surface area contributed by atoms with Gasteiger partial charge in [0.15, 0.2) is 0 Å². The second kappa shape index (κ2) is 10.0. The second-order valence-electron chi connectivity index (χ2n) is 7.40. The molecule has 2 aliphatic rings. The molecule has 1 aromatic carbocycles. The van der Waals surface area contributed by atoms with Crippen molar-refractivity contribution < 1.29 is 14.3 Å². The van der Waals surface area contributed by atoms with Crippen molar-refractivity contribution in [3.8, 4) is 0 Å². The van der Waals surface area contributed by atoms with Gasteiger partial charge in [0.1, 0.15) is 6.10 Å². The lowest BCUT2D eigenvalue weighted by Crippen LogP contribution is -2.42. The van der Waals surface area contributed by atoms with Crippen LogP contribution in [0.25, 0.3) is 0 Å². The highest BCUT2D eigenvalue weighted by Gasteiger charge is 2.25. The summed E-state index contributed by atoms with van der Waals surface area (Å²) in [6.07, 6.45) is 4.15. The number of amides is 1. The fourth-order valence-electron chi connectivity index (χ4n) is 3.71. The molecule has 0 aromatic heterocycles. The summed E-state index contributed by atoms with van der Waals surface area (Å²) in [4.78, 5) is 17.1. The molecule has 0 N–H and O–H groups in total. The van der Waals surface area contributed by atoms with E-state index in [9.17, 15) is 4.79 Å². The van der Waals surface area contributed by atoms with E-state index in [1.807, 2.05) is 17.9 Å². The largest absolute Gasteiger partial charge is 0.376 e. The van der Waals surface area contributed by atoms with Gasteiger partial charge < -0.3 is 14.4 Å². The predicted molar refractivity (Wildman–Crippen MR) is 102 cm³/mol. The first kappa shape index (κ1) is 19.3. The molecule has 2 aliphatic heterocycles. The third kappa shape index (κ3) is 5.79. The first-order chi connectivity index (χ1) is 12.7. The number of nitrogens with zero attached hydrogens (tertiary/aromatic N) is 2. The minimum absolute atomic E-state index is 0.113. The zero-order valence-electron chi connectivity index (χ0n) is 15.9. The Hall–Kier alpha value is -1.43. The SMILES string of the molecule is CC(OCC1CCCCO1)C(=O)N1CCCN(Cc2ccccc2)CC1. The van der Waals surface area contributed by atoms with E-state index < -0.39 is 0 Å². The Balaban J connectivity index is 1.42. The fourth-order valence-corrected chi connectivity index (χ4v) is 3.71. The van der Waals surface area contributed by atoms with Crippen LogP contribution in [0.2, 0.25) is 0 Å². The Bertz CT molecular complexity index is 545. The average molecular weight is 360 g/mol. The predicted octanol–water partition coefficient (Wildman–Crippen LogP) is 2.70. The average Bonchev–Trinajstić information content (AvgIpc) is 2.93. The summed E-state index contributed by atoms with van der Waals surface area (Å²) in [6, 6.07) is 10.5. The molecule has 1 aromatic rings. The van der Waals surface area contributed by atoms with Crippen LogP contribution in [0.5, 0.6) is 0 Å². The van der Waals surface area contributed by atoms with Gasteiger partial charge in [-0.15, -0.1) is 0 Å². The smallest absolute Gasteiger partial charge is 0.251 e. The van der Waals surface area contributed by atoms with Gasteiger partial charge >= 0.3 is 0 Å². The van der Waals surface area contributed by atoms with Crippen molar-refractivity contribution in [3.05, 3.63) is 35.9 Å². The first-order valence-corrected chi connectivity index (χ1v) is 10.0. The summed E-state index contributed by atoms with van der Waals surface area (Å²) < 4.78 is 11.5. The zero-order valence-corrected chi connectivity index (χ0v) is 15.9. The number of carbonyl (C=O) groups excluding carboxylic acids is 1. The molecule has 0 radical (unpaired) electrons. The Morgan fingerprint density at radius 2 is 2.00 bits per heavy atom. The van der Waals surface area contributed by atoms with E-state index in [0.29, 0.717) is 6.61 Å². The maximum absolute atomic E-state index is 12.7. The van der Waals surface area contributed by atoms with Gasteiger partial charge in [-0.05, 0) is 38.2 Å². The van der Waals surface area contributed by atoms with Crippen LogP contribution < -0.4 is 0 Å². The van der Waals surface area contributed by atoms with Gasteiger partial charge in [0.2, 0.25) is 0 Å². The molecule has 2 saturated heterocycles. The Kier molecular flexibility index (Phi) is 7.47. The topological polar surface area (TPSA) is 42.0 Å². The van der Waals surface area contributed by atoms with Gasteiger partial charge in [0.25, 0.3) is 5.91 Å². The van der Waals surface area contributed by atoms with Gasteiger partial charge in [-0.1, -0.05) is 30.3 Å². The molecule has 2 fully saturated rings. The molecule has 1 amide bonds. The molecule has 2 unspecified atom stereocenters. The third-order valence-corrected chi connectivity index (χ3v) is 5.30. The molecule has 2 heterocycles. The molecular weight excluding hydrogens is 328 g/mol. The van der Waals surface area contributed by atoms with Crippen LogP contribution in [0.3, 0.4) is 0 Å². The standard InChI is InChI=1S/C21H32N2O3/c1-18(26-17-20-10-5-6-15-25-20)21(24)23-12-7-11-22(13-14-23)16-19-8-3-2-4-9-19/h2-4,8-9,18,20H,5-7,10-17H2,1H3. The van der Waals surface area contributed by atoms with Gasteiger partial charge in [0.05, 0.1) is 12.7 Å². The van der Waals surface area contributed by atoms with E-state index in [0.717, 1.165) is 58.6 Å². The van der Waals surface area contributed by atoms with Crippen LogP contribution in [0, 0.1) is 0 Å². The van der Waals surface area contributed by atoms with Crippen molar-refractivity contribution >= 4 is 5.91 Å². The van der Waals surface area contributed by atoms with E-state index in [1.54, 1.807) is 0 Å². The summed E-state index contributed by atoms with van der Waals surface area (Å²) >= 11 is 0. The van der Waals surface area contributed by atoms with Crippen molar-refractivity contribution in [1.29, 1.82) is 0 Å². The Labute approximate surface area is 157 Å². The number of ether oxygens (including phenoxy) is 2. The van der Waals surface area contributed by atoms with Crippen LogP contribution in [-0.4, -0.2) is 67.3 Å². The lowest BCUT2D eigenvalue weighted by molar-refractivity contribution is -0.146. The van der Waals surface area contributed by atoms with Crippen molar-refractivity contribution in [2.24, 2.45) is 0 Å². The Morgan fingerprint density at radius 1 is 1.15 bits per heavy atom. The molecule has 0 aliphatic carbocycles. The lowest BCUT2D eigenvalue weighted by Gasteiger charge is -2.27. The highest BCUT2D eigenvalue weighted by Crippen LogP contribution is 2.15. The number of hydrogen-bond acceptors (Lipinski definition) is 4. The van der Waals surface area contributed by atoms with Crippen LogP contribution in [-0.2, 0) is 20.8 Å². The first-order valence-electron chi connectivity index (χ1n) is 10.0. The summed E-state index contributed by atoms with van der Waals surface area (Å²) in [5, 5.41) is 0. The van der Waals surface area contributed by atoms with Crippen molar-refractivity contribution in [2.45, 2.75) is 51.4 Å². The molecule has 0 saturated carbocycles. The van der Waals surface area contributed by atoms with Gasteiger partial charge in [0, 0.05) is 39.3 Å². The minimum Gasteiger partial charge on any atom is -0.376 e. The molecule has 0 bridgehead atoms. The highest BCUT2D eigenvalue weighted by atomic mass is 16.5. The van der Waals surface area contributed by atoms with Crippen LogP contribution in [0.1, 0.15) is 38.2 Å². The molecule has 3 rings (SSSR count). The number of rotatable bonds is 6. The summed E-state index contributed by atoms with van der Waals surface area (Å²) in [7, 11) is 0. The van der Waals surface area contributed by atoms with E-state index in [-0.39, 0.29) is 18.1 Å². The minimum atomic E-state index is -0.388. The maximum Gasteiger partial charge on any atom is 0.251 e. The monoisotopic (exact) mass is 360 g/mol. The molecular formula is C21H32N2O3. The Morgan fingerprint density at radius 3 is 2.77 bits per heavy atom. The lowest BCUT2D eigenvalue weighted by atomic mass is 10.1. The van der Waals surface area contributed by atoms with Gasteiger partial charge in [-0.25, -0.2) is 0 Å². The number of carbonyl (C=O) groups is 1. The number of benzene rings is 1. The third-order valence-electron chi connectivity index (χ3n) is 5.30. The van der Waals surface area contributed by atoms with E-state index in [2.05, 4.69) is 29.2 Å². The highest BCUT2D eigenvalue weighted by molar-refractivity contribution is 5.80. The van der Waals surface area contributed by atoms with Crippen LogP contribution >= 0.6 is 0 Å². The van der Waals surface area contributed by atoms with Gasteiger partial charge in [-0.2, -0.15) is 0 Å². The zero-order chi connectivity index (χ0) is 18.2. The second-order valence-corrected chi connectivity index (χ2v) is 7.40. The maximum atomic E-state index is 12.7. The summed E-state index contributed by atoms with van der Waals surface area (Å²) in [5.74, 6) is 0.113. The van der Waals surface area contributed by atoms with Crippen molar-refractivity contribution in [2.75, 3.05) is 39.4 Å². The van der Waals surface area contributed by atoms with Crippen LogP contribution in [0.15, 0.2) is 30.3 Å². The summed E-state index contributed by atoms with van der Waals surface area (Å²) in [6.45, 7) is 7.71. The number of hydrogen-bond donors (Lipinski definition) is 0. The van der Waals surface area contributed by atoms with E-state index >= 15 is 0 Å². The molecule has 2 atom stereocenters. The molecule has 5 nitrogen and oxygen atoms in total. The van der Waals surface area contributed by atoms with Crippen molar-refractivity contribution in [1.82, 2.24) is 9.80 Å². The molecule has 26 heavy (non-hydrogen) atoms. The quantitative estimate of drug-likeness (QED) is 0.782. The molecule has 144 valence electrons.